The molecule has 0 atom stereocenters. The van der Waals surface area contributed by atoms with E-state index < -0.39 is 0 Å². The average molecular weight is 336 g/mol. The minimum absolute atomic E-state index is 0.169. The van der Waals surface area contributed by atoms with E-state index in [4.69, 9.17) is 12.2 Å². The lowest BCUT2D eigenvalue weighted by atomic mass is 10.1. The van der Waals surface area contributed by atoms with E-state index >= 15 is 0 Å². The molecule has 0 unspecified atom stereocenters. The van der Waals surface area contributed by atoms with Crippen molar-refractivity contribution >= 4 is 38.9 Å². The van der Waals surface area contributed by atoms with E-state index in [0.717, 1.165) is 20.9 Å². The van der Waals surface area contributed by atoms with E-state index in [0.29, 0.717) is 10.6 Å². The van der Waals surface area contributed by atoms with Crippen LogP contribution in [-0.4, -0.2) is 19.9 Å². The zero-order valence-electron chi connectivity index (χ0n) is 9.80. The molecule has 0 aliphatic rings. The maximum atomic E-state index is 9.36. The van der Waals surface area contributed by atoms with Crippen LogP contribution in [0.2, 0.25) is 0 Å². The highest BCUT2D eigenvalue weighted by molar-refractivity contribution is 9.10. The summed E-state index contributed by atoms with van der Waals surface area (Å²) in [5, 5.41) is 18.2. The second-order valence-corrected chi connectivity index (χ2v) is 5.29. The van der Waals surface area contributed by atoms with E-state index in [9.17, 15) is 5.11 Å². The third-order valence-corrected chi connectivity index (χ3v) is 3.94. The van der Waals surface area contributed by atoms with Gasteiger partial charge in [-0.25, -0.2) is 0 Å². The van der Waals surface area contributed by atoms with Crippen molar-refractivity contribution in [3.8, 4) is 5.69 Å². The largest absolute Gasteiger partial charge is 0.388 e. The first kappa shape index (κ1) is 12.5. The summed E-state index contributed by atoms with van der Waals surface area (Å²) in [5.74, 6) is 0.498. The molecule has 19 heavy (non-hydrogen) atoms. The summed E-state index contributed by atoms with van der Waals surface area (Å²) in [6.07, 6.45) is 0. The lowest BCUT2D eigenvalue weighted by Crippen LogP contribution is -2.02. The van der Waals surface area contributed by atoms with Gasteiger partial charge in [-0.1, -0.05) is 40.2 Å². The van der Waals surface area contributed by atoms with Crippen LogP contribution in [0.5, 0.6) is 0 Å². The molecule has 6 heteroatoms. The summed E-state index contributed by atoms with van der Waals surface area (Å²) in [6, 6.07) is 11.9. The lowest BCUT2D eigenvalue weighted by Gasteiger charge is -2.10. The van der Waals surface area contributed by atoms with Crippen molar-refractivity contribution < 1.29 is 5.11 Å². The van der Waals surface area contributed by atoms with Crippen LogP contribution in [0, 0.1) is 4.77 Å². The predicted molar refractivity (Wildman–Crippen MR) is 79.9 cm³/mol. The summed E-state index contributed by atoms with van der Waals surface area (Å²) in [5.41, 5.74) is 0.904. The van der Waals surface area contributed by atoms with Crippen LogP contribution in [0.1, 0.15) is 5.82 Å². The van der Waals surface area contributed by atoms with Gasteiger partial charge >= 0.3 is 0 Å². The molecule has 1 heterocycles. The molecule has 0 aliphatic carbocycles. The number of fused-ring (bicyclic) bond motifs is 1. The van der Waals surface area contributed by atoms with Gasteiger partial charge in [0.1, 0.15) is 6.61 Å². The Bertz CT molecular complexity index is 809. The third kappa shape index (κ3) is 2.01. The fourth-order valence-electron chi connectivity index (χ4n) is 2.13. The summed E-state index contributed by atoms with van der Waals surface area (Å²) >= 11 is 8.78. The number of rotatable bonds is 2. The normalized spacial score (nSPS) is 11.1. The van der Waals surface area contributed by atoms with Crippen LogP contribution >= 0.6 is 28.1 Å². The molecule has 3 aromatic rings. The molecule has 0 aliphatic heterocycles. The highest BCUT2D eigenvalue weighted by Gasteiger charge is 2.11. The fraction of sp³-hybridized carbons (Fsp3) is 0.0769. The van der Waals surface area contributed by atoms with Crippen LogP contribution in [-0.2, 0) is 6.61 Å². The predicted octanol–water partition coefficient (Wildman–Crippen LogP) is 3.34. The quantitative estimate of drug-likeness (QED) is 0.706. The Hall–Kier alpha value is -1.50. The molecule has 0 radical (unpaired) electrons. The van der Waals surface area contributed by atoms with Crippen molar-refractivity contribution in [3.63, 3.8) is 0 Å². The number of H-pyrrole nitrogens is 1. The Morgan fingerprint density at radius 2 is 1.95 bits per heavy atom. The summed E-state index contributed by atoms with van der Waals surface area (Å²) in [6.45, 7) is -0.169. The van der Waals surface area contributed by atoms with Crippen molar-refractivity contribution in [2.45, 2.75) is 6.61 Å². The molecule has 0 fully saturated rings. The molecule has 2 N–H and O–H groups in total. The number of nitrogens with zero attached hydrogens (tertiary/aromatic N) is 2. The minimum Gasteiger partial charge on any atom is -0.388 e. The molecule has 2 aromatic carbocycles. The summed E-state index contributed by atoms with van der Waals surface area (Å²) in [7, 11) is 0. The van der Waals surface area contributed by atoms with Gasteiger partial charge in [-0.3, -0.25) is 9.67 Å². The van der Waals surface area contributed by atoms with Crippen LogP contribution in [0.15, 0.2) is 40.9 Å². The van der Waals surface area contributed by atoms with E-state index in [1.165, 1.54) is 0 Å². The highest BCUT2D eigenvalue weighted by atomic mass is 79.9. The zero-order valence-corrected chi connectivity index (χ0v) is 12.2. The Kier molecular flexibility index (Phi) is 3.22. The van der Waals surface area contributed by atoms with Gasteiger partial charge < -0.3 is 5.11 Å². The number of aromatic amines is 1. The highest BCUT2D eigenvalue weighted by Crippen LogP contribution is 2.29. The molecule has 4 nitrogen and oxygen atoms in total. The van der Waals surface area contributed by atoms with Crippen LogP contribution in [0.4, 0.5) is 0 Å². The van der Waals surface area contributed by atoms with E-state index in [1.807, 2.05) is 36.4 Å². The van der Waals surface area contributed by atoms with Gasteiger partial charge in [-0.05, 0) is 29.7 Å². The maximum absolute atomic E-state index is 9.36. The van der Waals surface area contributed by atoms with Crippen molar-refractivity contribution in [2.24, 2.45) is 0 Å². The van der Waals surface area contributed by atoms with Crippen molar-refractivity contribution in [3.05, 3.63) is 51.5 Å². The standard InChI is InChI=1S/C13H10BrN3OS/c14-10-5-6-11(9-4-2-1-3-8(9)10)17-12(7-18)15-16-13(17)19/h1-6,18H,7H2,(H,16,19). The molecule has 0 bridgehead atoms. The molecule has 0 amide bonds. The Labute approximate surface area is 122 Å². The lowest BCUT2D eigenvalue weighted by molar-refractivity contribution is 0.269. The van der Waals surface area contributed by atoms with E-state index in [2.05, 4.69) is 26.1 Å². The first-order valence-electron chi connectivity index (χ1n) is 5.67. The summed E-state index contributed by atoms with van der Waals surface area (Å²) in [4.78, 5) is 0. The number of nitrogens with one attached hydrogen (secondary N) is 1. The Morgan fingerprint density at radius 3 is 2.68 bits per heavy atom. The van der Waals surface area contributed by atoms with E-state index in [1.54, 1.807) is 4.57 Å². The number of aliphatic hydroxyl groups is 1. The number of hydrogen-bond acceptors (Lipinski definition) is 3. The van der Waals surface area contributed by atoms with Gasteiger partial charge in [0.25, 0.3) is 0 Å². The number of halogens is 1. The van der Waals surface area contributed by atoms with Gasteiger partial charge in [0.2, 0.25) is 0 Å². The summed E-state index contributed by atoms with van der Waals surface area (Å²) < 4.78 is 3.24. The van der Waals surface area contributed by atoms with E-state index in [-0.39, 0.29) is 6.61 Å². The number of aromatic nitrogens is 3. The molecule has 1 aromatic heterocycles. The molecule has 0 spiro atoms. The van der Waals surface area contributed by atoms with Gasteiger partial charge in [-0.15, -0.1) is 0 Å². The van der Waals surface area contributed by atoms with Gasteiger partial charge in [0.05, 0.1) is 5.69 Å². The maximum Gasteiger partial charge on any atom is 0.199 e. The first-order valence-corrected chi connectivity index (χ1v) is 6.87. The Balaban J connectivity index is 2.41. The molecule has 0 saturated carbocycles. The monoisotopic (exact) mass is 335 g/mol. The second kappa shape index (κ2) is 4.88. The number of aliphatic hydroxyl groups excluding tert-OH is 1. The SMILES string of the molecule is OCc1n[nH]c(=S)n1-c1ccc(Br)c2ccccc12. The molecular weight excluding hydrogens is 326 g/mol. The molecular formula is C13H10BrN3OS. The van der Waals surface area contributed by atoms with Gasteiger partial charge in [0, 0.05) is 9.86 Å². The minimum atomic E-state index is -0.169. The smallest absolute Gasteiger partial charge is 0.199 e. The van der Waals surface area contributed by atoms with Crippen LogP contribution in [0.3, 0.4) is 0 Å². The number of hydrogen-bond donors (Lipinski definition) is 2. The first-order chi connectivity index (χ1) is 9.22. The van der Waals surface area contributed by atoms with Crippen LogP contribution < -0.4 is 0 Å². The fourth-order valence-corrected chi connectivity index (χ4v) is 2.85. The van der Waals surface area contributed by atoms with Crippen molar-refractivity contribution in [1.82, 2.24) is 14.8 Å². The third-order valence-electron chi connectivity index (χ3n) is 2.97. The van der Waals surface area contributed by atoms with Gasteiger partial charge in [-0.2, -0.15) is 5.10 Å². The molecule has 0 saturated heterocycles. The molecule has 3 rings (SSSR count). The van der Waals surface area contributed by atoms with Crippen molar-refractivity contribution in [1.29, 1.82) is 0 Å². The topological polar surface area (TPSA) is 53.8 Å². The molecule has 96 valence electrons. The van der Waals surface area contributed by atoms with Crippen molar-refractivity contribution in [2.75, 3.05) is 0 Å². The Morgan fingerprint density at radius 1 is 1.21 bits per heavy atom. The second-order valence-electron chi connectivity index (χ2n) is 4.05. The van der Waals surface area contributed by atoms with Crippen LogP contribution in [0.25, 0.3) is 16.5 Å². The average Bonchev–Trinajstić information content (AvgIpc) is 2.81. The zero-order chi connectivity index (χ0) is 13.4. The number of benzene rings is 2. The van der Waals surface area contributed by atoms with Gasteiger partial charge in [0.15, 0.2) is 10.6 Å².